The molecular formula is C12H20N4O2. The lowest BCUT2D eigenvalue weighted by molar-refractivity contribution is -0.384. The predicted octanol–water partition coefficient (Wildman–Crippen LogP) is 2.66. The second kappa shape index (κ2) is 6.78. The van der Waals surface area contributed by atoms with Gasteiger partial charge in [-0.1, -0.05) is 13.3 Å². The Morgan fingerprint density at radius 3 is 2.67 bits per heavy atom. The van der Waals surface area contributed by atoms with E-state index >= 15 is 0 Å². The molecule has 0 unspecified atom stereocenters. The molecule has 6 heteroatoms. The molecule has 0 amide bonds. The second-order valence-corrected chi connectivity index (χ2v) is 3.98. The summed E-state index contributed by atoms with van der Waals surface area (Å²) in [7, 11) is 1.75. The number of rotatable bonds is 7. The highest BCUT2D eigenvalue weighted by molar-refractivity contribution is 5.61. The number of nitrogens with zero attached hydrogens (tertiary/aromatic N) is 3. The number of anilines is 2. The summed E-state index contributed by atoms with van der Waals surface area (Å²) in [6, 6.07) is 3.12. The van der Waals surface area contributed by atoms with Gasteiger partial charge in [-0.25, -0.2) is 4.98 Å². The zero-order valence-corrected chi connectivity index (χ0v) is 11.1. The number of hydrogen-bond acceptors (Lipinski definition) is 5. The van der Waals surface area contributed by atoms with E-state index in [-0.39, 0.29) is 10.6 Å². The van der Waals surface area contributed by atoms with Gasteiger partial charge in [0.15, 0.2) is 0 Å². The van der Waals surface area contributed by atoms with Gasteiger partial charge < -0.3 is 10.2 Å². The van der Waals surface area contributed by atoms with Crippen LogP contribution < -0.4 is 10.2 Å². The van der Waals surface area contributed by atoms with Gasteiger partial charge in [-0.3, -0.25) is 10.1 Å². The van der Waals surface area contributed by atoms with Gasteiger partial charge in [-0.15, -0.1) is 0 Å². The third kappa shape index (κ3) is 3.32. The minimum atomic E-state index is -0.379. The third-order valence-electron chi connectivity index (χ3n) is 2.77. The van der Waals surface area contributed by atoms with Gasteiger partial charge in [0.05, 0.1) is 4.92 Å². The summed E-state index contributed by atoms with van der Waals surface area (Å²) < 4.78 is 0. The van der Waals surface area contributed by atoms with Crippen LogP contribution in [0, 0.1) is 10.1 Å². The summed E-state index contributed by atoms with van der Waals surface area (Å²) in [4.78, 5) is 16.9. The van der Waals surface area contributed by atoms with Crippen molar-refractivity contribution in [2.45, 2.75) is 26.7 Å². The minimum absolute atomic E-state index is 0.0620. The van der Waals surface area contributed by atoms with Crippen molar-refractivity contribution in [3.05, 3.63) is 22.2 Å². The molecule has 0 aliphatic carbocycles. The van der Waals surface area contributed by atoms with Crippen LogP contribution in [0.15, 0.2) is 12.1 Å². The van der Waals surface area contributed by atoms with Gasteiger partial charge in [0, 0.05) is 26.2 Å². The largest absolute Gasteiger partial charge is 0.373 e. The maximum absolute atomic E-state index is 11.0. The van der Waals surface area contributed by atoms with Crippen molar-refractivity contribution in [2.75, 3.05) is 30.4 Å². The summed E-state index contributed by atoms with van der Waals surface area (Å²) in [6.45, 7) is 5.57. The lowest BCUT2D eigenvalue weighted by atomic mass is 10.3. The summed E-state index contributed by atoms with van der Waals surface area (Å²) >= 11 is 0. The first kappa shape index (κ1) is 14.2. The Balaban J connectivity index is 3.11. The number of unbranched alkanes of at least 4 members (excludes halogenated alkanes) is 1. The lowest BCUT2D eigenvalue weighted by Crippen LogP contribution is -2.26. The third-order valence-corrected chi connectivity index (χ3v) is 2.77. The van der Waals surface area contributed by atoms with E-state index in [1.54, 1.807) is 13.1 Å². The summed E-state index contributed by atoms with van der Waals surface area (Å²) in [5, 5.41) is 13.9. The Labute approximate surface area is 107 Å². The summed E-state index contributed by atoms with van der Waals surface area (Å²) in [5.74, 6) is 1.09. The quantitative estimate of drug-likeness (QED) is 0.596. The molecule has 18 heavy (non-hydrogen) atoms. The van der Waals surface area contributed by atoms with Gasteiger partial charge in [0.2, 0.25) is 5.82 Å². The average molecular weight is 252 g/mol. The lowest BCUT2D eigenvalue weighted by Gasteiger charge is -2.21. The van der Waals surface area contributed by atoms with E-state index in [4.69, 9.17) is 0 Å². The molecule has 1 aromatic rings. The van der Waals surface area contributed by atoms with Crippen LogP contribution in [0.2, 0.25) is 0 Å². The SMILES string of the molecule is CCCCN(CC)c1nc(NC)ccc1[N+](=O)[O-]. The van der Waals surface area contributed by atoms with E-state index < -0.39 is 0 Å². The highest BCUT2D eigenvalue weighted by atomic mass is 16.6. The van der Waals surface area contributed by atoms with Crippen LogP contribution in [-0.2, 0) is 0 Å². The monoisotopic (exact) mass is 252 g/mol. The van der Waals surface area contributed by atoms with Crippen LogP contribution >= 0.6 is 0 Å². The molecule has 6 nitrogen and oxygen atoms in total. The first-order chi connectivity index (χ1) is 8.63. The van der Waals surface area contributed by atoms with Gasteiger partial charge >= 0.3 is 5.69 Å². The van der Waals surface area contributed by atoms with Crippen molar-refractivity contribution >= 4 is 17.3 Å². The van der Waals surface area contributed by atoms with Crippen LogP contribution in [0.4, 0.5) is 17.3 Å². The highest BCUT2D eigenvalue weighted by Gasteiger charge is 2.20. The van der Waals surface area contributed by atoms with Gasteiger partial charge in [0.1, 0.15) is 5.82 Å². The molecule has 1 rings (SSSR count). The molecule has 0 saturated carbocycles. The molecule has 1 aromatic heterocycles. The van der Waals surface area contributed by atoms with Crippen LogP contribution in [0.1, 0.15) is 26.7 Å². The topological polar surface area (TPSA) is 71.3 Å². The van der Waals surface area contributed by atoms with Crippen LogP contribution in [-0.4, -0.2) is 30.0 Å². The standard InChI is InChI=1S/C12H20N4O2/c1-4-6-9-15(5-2)12-10(16(17)18)7-8-11(13-3)14-12/h7-8H,4-6,9H2,1-3H3,(H,13,14). The van der Waals surface area contributed by atoms with E-state index in [0.717, 1.165) is 19.4 Å². The Kier molecular flexibility index (Phi) is 5.35. The number of nitro groups is 1. The van der Waals surface area contributed by atoms with Gasteiger partial charge in [0.25, 0.3) is 0 Å². The number of pyridine rings is 1. The maximum atomic E-state index is 11.0. The van der Waals surface area contributed by atoms with Crippen molar-refractivity contribution in [1.29, 1.82) is 0 Å². The molecule has 0 saturated heterocycles. The van der Waals surface area contributed by atoms with Crippen LogP contribution in [0.3, 0.4) is 0 Å². The molecular weight excluding hydrogens is 232 g/mol. The molecule has 0 aromatic carbocycles. The zero-order valence-electron chi connectivity index (χ0n) is 11.1. The van der Waals surface area contributed by atoms with Crippen molar-refractivity contribution < 1.29 is 4.92 Å². The fraction of sp³-hybridized carbons (Fsp3) is 0.583. The predicted molar refractivity (Wildman–Crippen MR) is 73.2 cm³/mol. The molecule has 0 radical (unpaired) electrons. The average Bonchev–Trinajstić information content (AvgIpc) is 2.39. The first-order valence-corrected chi connectivity index (χ1v) is 6.22. The normalized spacial score (nSPS) is 10.2. The molecule has 0 spiro atoms. The molecule has 100 valence electrons. The van der Waals surface area contributed by atoms with Crippen LogP contribution in [0.5, 0.6) is 0 Å². The molecule has 0 aliphatic rings. The van der Waals surface area contributed by atoms with E-state index in [1.165, 1.54) is 6.07 Å². The number of aromatic nitrogens is 1. The number of hydrogen-bond donors (Lipinski definition) is 1. The molecule has 1 heterocycles. The maximum Gasteiger partial charge on any atom is 0.311 e. The van der Waals surface area contributed by atoms with E-state index in [1.807, 2.05) is 11.8 Å². The molecule has 0 aliphatic heterocycles. The summed E-state index contributed by atoms with van der Waals surface area (Å²) in [6.07, 6.45) is 2.05. The minimum Gasteiger partial charge on any atom is -0.373 e. The van der Waals surface area contributed by atoms with Crippen LogP contribution in [0.25, 0.3) is 0 Å². The Morgan fingerprint density at radius 1 is 1.44 bits per heavy atom. The second-order valence-electron chi connectivity index (χ2n) is 3.98. The van der Waals surface area contributed by atoms with E-state index in [2.05, 4.69) is 17.2 Å². The molecule has 0 bridgehead atoms. The molecule has 1 N–H and O–H groups in total. The van der Waals surface area contributed by atoms with Crippen molar-refractivity contribution in [1.82, 2.24) is 4.98 Å². The Bertz CT molecular complexity index is 409. The van der Waals surface area contributed by atoms with Crippen molar-refractivity contribution in [2.24, 2.45) is 0 Å². The van der Waals surface area contributed by atoms with Gasteiger partial charge in [-0.2, -0.15) is 0 Å². The van der Waals surface area contributed by atoms with Gasteiger partial charge in [-0.05, 0) is 19.4 Å². The molecule has 0 fully saturated rings. The zero-order chi connectivity index (χ0) is 13.5. The highest BCUT2D eigenvalue weighted by Crippen LogP contribution is 2.27. The molecule has 0 atom stereocenters. The fourth-order valence-corrected chi connectivity index (χ4v) is 1.72. The fourth-order valence-electron chi connectivity index (χ4n) is 1.72. The van der Waals surface area contributed by atoms with E-state index in [0.29, 0.717) is 18.2 Å². The first-order valence-electron chi connectivity index (χ1n) is 6.22. The Hall–Kier alpha value is -1.85. The number of nitrogens with one attached hydrogen (secondary N) is 1. The Morgan fingerprint density at radius 2 is 2.17 bits per heavy atom. The van der Waals surface area contributed by atoms with Crippen molar-refractivity contribution in [3.63, 3.8) is 0 Å². The van der Waals surface area contributed by atoms with Crippen molar-refractivity contribution in [3.8, 4) is 0 Å². The van der Waals surface area contributed by atoms with E-state index in [9.17, 15) is 10.1 Å². The smallest absolute Gasteiger partial charge is 0.311 e. The summed E-state index contributed by atoms with van der Waals surface area (Å²) in [5.41, 5.74) is 0.0620.